The van der Waals surface area contributed by atoms with Gasteiger partial charge in [-0.1, -0.05) is 26.0 Å². The Morgan fingerprint density at radius 2 is 1.91 bits per heavy atom. The van der Waals surface area contributed by atoms with Gasteiger partial charge in [0.15, 0.2) is 0 Å². The zero-order valence-corrected chi connectivity index (χ0v) is 8.19. The lowest BCUT2D eigenvalue weighted by atomic mass is 9.80. The van der Waals surface area contributed by atoms with E-state index in [1.807, 2.05) is 0 Å². The number of hydrogen-bond donors (Lipinski definition) is 0. The van der Waals surface area contributed by atoms with Crippen molar-refractivity contribution in [2.45, 2.75) is 33.1 Å². The van der Waals surface area contributed by atoms with Crippen LogP contribution in [0.25, 0.3) is 0 Å². The molecule has 0 atom stereocenters. The Kier molecular flexibility index (Phi) is 3.00. The van der Waals surface area contributed by atoms with E-state index in [1.54, 1.807) is 0 Å². The van der Waals surface area contributed by atoms with Crippen LogP contribution >= 0.6 is 11.6 Å². The number of hydrogen-bond acceptors (Lipinski definition) is 0. The van der Waals surface area contributed by atoms with E-state index in [-0.39, 0.29) is 0 Å². The molecule has 11 heavy (non-hydrogen) atoms. The molecule has 0 heterocycles. The summed E-state index contributed by atoms with van der Waals surface area (Å²) in [5, 5.41) is 0. The highest BCUT2D eigenvalue weighted by Crippen LogP contribution is 2.40. The molecule has 0 unspecified atom stereocenters. The van der Waals surface area contributed by atoms with E-state index >= 15 is 0 Å². The first-order valence-corrected chi connectivity index (χ1v) is 4.93. The maximum absolute atomic E-state index is 5.97. The lowest BCUT2D eigenvalue weighted by Gasteiger charge is -2.28. The van der Waals surface area contributed by atoms with Gasteiger partial charge in [0.1, 0.15) is 0 Å². The summed E-state index contributed by atoms with van der Waals surface area (Å²) in [6, 6.07) is 0. The second-order valence-electron chi connectivity index (χ2n) is 4.11. The van der Waals surface area contributed by atoms with E-state index in [0.717, 1.165) is 11.8 Å². The highest BCUT2D eigenvalue weighted by atomic mass is 35.5. The van der Waals surface area contributed by atoms with E-state index in [4.69, 9.17) is 11.6 Å². The van der Waals surface area contributed by atoms with Gasteiger partial charge in [0.2, 0.25) is 0 Å². The van der Waals surface area contributed by atoms with Crippen molar-refractivity contribution in [3.63, 3.8) is 0 Å². The van der Waals surface area contributed by atoms with E-state index < -0.39 is 0 Å². The van der Waals surface area contributed by atoms with Crippen molar-refractivity contribution in [2.24, 2.45) is 11.3 Å². The summed E-state index contributed by atoms with van der Waals surface area (Å²) in [6.07, 6.45) is 8.18. The summed E-state index contributed by atoms with van der Waals surface area (Å²) < 4.78 is 0. The Morgan fingerprint density at radius 3 is 2.27 bits per heavy atom. The summed E-state index contributed by atoms with van der Waals surface area (Å²) in [7, 11) is 0. The zero-order chi connectivity index (χ0) is 8.32. The third kappa shape index (κ3) is 2.23. The van der Waals surface area contributed by atoms with Crippen LogP contribution in [-0.4, -0.2) is 5.88 Å². The van der Waals surface area contributed by atoms with E-state index in [2.05, 4.69) is 26.0 Å². The van der Waals surface area contributed by atoms with Crippen LogP contribution in [0.3, 0.4) is 0 Å². The second-order valence-corrected chi connectivity index (χ2v) is 4.38. The molecule has 0 saturated heterocycles. The fourth-order valence-corrected chi connectivity index (χ4v) is 2.27. The quantitative estimate of drug-likeness (QED) is 0.451. The molecule has 1 aliphatic carbocycles. The molecule has 0 saturated carbocycles. The molecule has 0 bridgehead atoms. The normalized spacial score (nSPS) is 21.5. The van der Waals surface area contributed by atoms with Crippen LogP contribution in [-0.2, 0) is 0 Å². The molecule has 0 nitrogen and oxygen atoms in total. The molecule has 0 radical (unpaired) electrons. The van der Waals surface area contributed by atoms with Gasteiger partial charge in [-0.3, -0.25) is 0 Å². The smallest absolute Gasteiger partial charge is 0.0286 e. The van der Waals surface area contributed by atoms with Gasteiger partial charge < -0.3 is 0 Å². The molecule has 0 spiro atoms. The predicted octanol–water partition coefficient (Wildman–Crippen LogP) is 3.61. The summed E-state index contributed by atoms with van der Waals surface area (Å²) in [6.45, 7) is 4.54. The van der Waals surface area contributed by atoms with Crippen molar-refractivity contribution < 1.29 is 0 Å². The summed E-state index contributed by atoms with van der Waals surface area (Å²) in [5.74, 6) is 1.59. The third-order valence-electron chi connectivity index (χ3n) is 2.39. The molecule has 0 fully saturated rings. The Labute approximate surface area is 74.6 Å². The van der Waals surface area contributed by atoms with Gasteiger partial charge in [0.05, 0.1) is 0 Å². The van der Waals surface area contributed by atoms with Crippen LogP contribution in [0.4, 0.5) is 0 Å². The minimum absolute atomic E-state index is 0.412. The second kappa shape index (κ2) is 3.62. The molecular weight excluding hydrogens is 156 g/mol. The average molecular weight is 173 g/mol. The fraction of sp³-hybridized carbons (Fsp3) is 0.800. The summed E-state index contributed by atoms with van der Waals surface area (Å²) in [4.78, 5) is 0. The molecule has 1 heteroatoms. The van der Waals surface area contributed by atoms with Crippen molar-refractivity contribution in [1.29, 1.82) is 0 Å². The van der Waals surface area contributed by atoms with Crippen molar-refractivity contribution in [3.05, 3.63) is 12.2 Å². The van der Waals surface area contributed by atoms with Gasteiger partial charge in [0.25, 0.3) is 0 Å². The molecule has 0 aliphatic heterocycles. The minimum Gasteiger partial charge on any atom is -0.126 e. The monoisotopic (exact) mass is 172 g/mol. The lowest BCUT2D eigenvalue weighted by Crippen LogP contribution is -2.21. The molecule has 0 aromatic carbocycles. The largest absolute Gasteiger partial charge is 0.126 e. The van der Waals surface area contributed by atoms with Crippen LogP contribution in [0.2, 0.25) is 0 Å². The number of alkyl halides is 1. The lowest BCUT2D eigenvalue weighted by molar-refractivity contribution is 0.281. The van der Waals surface area contributed by atoms with Gasteiger partial charge in [-0.15, -0.1) is 11.6 Å². The molecule has 0 aromatic rings. The maximum atomic E-state index is 5.97. The summed E-state index contributed by atoms with van der Waals surface area (Å²) >= 11 is 5.97. The average Bonchev–Trinajstić information content (AvgIpc) is 2.36. The van der Waals surface area contributed by atoms with Gasteiger partial charge in [-0.25, -0.2) is 0 Å². The molecule has 0 amide bonds. The first-order valence-electron chi connectivity index (χ1n) is 4.39. The molecular formula is C10H17Cl. The van der Waals surface area contributed by atoms with Crippen LogP contribution in [0.5, 0.6) is 0 Å². The highest BCUT2D eigenvalue weighted by Gasteiger charge is 2.30. The number of allylic oxidation sites excluding steroid dienone is 2. The molecule has 64 valence electrons. The maximum Gasteiger partial charge on any atom is 0.0286 e. The Morgan fingerprint density at radius 1 is 1.36 bits per heavy atom. The SMILES string of the molecule is CC(C)CC1(CCl)CC=CC1. The Hall–Kier alpha value is 0.0300. The number of rotatable bonds is 3. The first kappa shape index (κ1) is 9.12. The highest BCUT2D eigenvalue weighted by molar-refractivity contribution is 6.18. The predicted molar refractivity (Wildman–Crippen MR) is 51.0 cm³/mol. The van der Waals surface area contributed by atoms with E-state index in [0.29, 0.717) is 5.41 Å². The Bertz CT molecular complexity index is 139. The molecule has 0 aromatic heterocycles. The van der Waals surface area contributed by atoms with Crippen molar-refractivity contribution in [1.82, 2.24) is 0 Å². The van der Waals surface area contributed by atoms with Gasteiger partial charge in [-0.05, 0) is 30.6 Å². The zero-order valence-electron chi connectivity index (χ0n) is 7.44. The van der Waals surface area contributed by atoms with E-state index in [1.165, 1.54) is 19.3 Å². The van der Waals surface area contributed by atoms with Crippen molar-refractivity contribution >= 4 is 11.6 Å². The Balaban J connectivity index is 2.48. The fourth-order valence-electron chi connectivity index (χ4n) is 1.95. The van der Waals surface area contributed by atoms with Gasteiger partial charge in [0, 0.05) is 5.88 Å². The molecule has 1 aliphatic rings. The van der Waals surface area contributed by atoms with Crippen LogP contribution < -0.4 is 0 Å². The van der Waals surface area contributed by atoms with E-state index in [9.17, 15) is 0 Å². The molecule has 1 rings (SSSR count). The minimum atomic E-state index is 0.412. The van der Waals surface area contributed by atoms with Gasteiger partial charge >= 0.3 is 0 Å². The van der Waals surface area contributed by atoms with Crippen LogP contribution in [0, 0.1) is 11.3 Å². The standard InChI is InChI=1S/C10H17Cl/c1-9(2)7-10(8-11)5-3-4-6-10/h3-4,9H,5-8H2,1-2H3. The summed E-state index contributed by atoms with van der Waals surface area (Å²) in [5.41, 5.74) is 0.412. The molecule has 0 N–H and O–H groups in total. The van der Waals surface area contributed by atoms with Gasteiger partial charge in [-0.2, -0.15) is 0 Å². The van der Waals surface area contributed by atoms with Crippen molar-refractivity contribution in [2.75, 3.05) is 5.88 Å². The van der Waals surface area contributed by atoms with Crippen molar-refractivity contribution in [3.8, 4) is 0 Å². The van der Waals surface area contributed by atoms with Crippen LogP contribution in [0.1, 0.15) is 33.1 Å². The topological polar surface area (TPSA) is 0 Å². The third-order valence-corrected chi connectivity index (χ3v) is 2.96. The van der Waals surface area contributed by atoms with Crippen LogP contribution in [0.15, 0.2) is 12.2 Å². The first-order chi connectivity index (χ1) is 5.18. The number of halogens is 1.